The van der Waals surface area contributed by atoms with Crippen LogP contribution in [0.2, 0.25) is 22.2 Å². The Bertz CT molecular complexity index is 1230. The molecule has 0 spiro atoms. The van der Waals surface area contributed by atoms with Gasteiger partial charge in [-0.2, -0.15) is 8.42 Å². The van der Waals surface area contributed by atoms with Gasteiger partial charge in [0.15, 0.2) is 0 Å². The van der Waals surface area contributed by atoms with Gasteiger partial charge < -0.3 is 22.3 Å². The Morgan fingerprint density at radius 1 is 0.947 bits per heavy atom. The van der Waals surface area contributed by atoms with E-state index in [0.29, 0.717) is 0 Å². The second kappa shape index (κ2) is 11.0. The van der Waals surface area contributed by atoms with Crippen LogP contribution in [0.5, 0.6) is 0 Å². The highest BCUT2D eigenvalue weighted by atomic mass is 32.2. The van der Waals surface area contributed by atoms with E-state index in [-0.39, 0.29) is 34.3 Å². The molecule has 0 saturated carbocycles. The van der Waals surface area contributed by atoms with Crippen molar-refractivity contribution in [2.24, 2.45) is 14.1 Å². The quantitative estimate of drug-likeness (QED) is 0.347. The molecule has 1 aromatic rings. The molecule has 3 heterocycles. The molecule has 218 valence electrons. The molecule has 2 aliphatic heterocycles. The van der Waals surface area contributed by atoms with Crippen LogP contribution in [0.3, 0.4) is 0 Å². The summed E-state index contributed by atoms with van der Waals surface area (Å²) in [5.74, 6) is 0. The van der Waals surface area contributed by atoms with E-state index in [1.54, 1.807) is 0 Å². The molecule has 2 saturated heterocycles. The van der Waals surface area contributed by atoms with E-state index in [2.05, 4.69) is 55.4 Å². The Morgan fingerprint density at radius 2 is 1.47 bits per heavy atom. The maximum absolute atomic E-state index is 13.2. The van der Waals surface area contributed by atoms with Gasteiger partial charge in [-0.05, 0) is 22.2 Å². The number of nitrogens with zero attached hydrogens (tertiary/aromatic N) is 2. The van der Waals surface area contributed by atoms with Gasteiger partial charge in [0, 0.05) is 20.3 Å². The maximum Gasteiger partial charge on any atom is 0.335 e. The van der Waals surface area contributed by atoms with Crippen LogP contribution in [0.1, 0.15) is 67.1 Å². The molecule has 11 nitrogen and oxygen atoms in total. The Kier molecular flexibility index (Phi) is 9.11. The summed E-state index contributed by atoms with van der Waals surface area (Å²) in [6.45, 7) is 16.8. The lowest BCUT2D eigenvalue weighted by Gasteiger charge is -2.51. The van der Waals surface area contributed by atoms with Crippen molar-refractivity contribution in [3.8, 4) is 0 Å². The third-order valence-corrected chi connectivity index (χ3v) is 18.5. The molecule has 2 fully saturated rings. The standard InChI is InChI=1S/C24H44N2O9SSi2/c1-14(2)37(15(3)4)31-13-19-21(34-38(35-37,16(5)6)17(7)8)22(33-36(11,29)30)20(32-19)18-12-25(9)24(28)26(10)23(18)27/h12,14-17,19-22H,13H2,1-11H3/t19-,20+,21-,22+/m1/s1. The fourth-order valence-corrected chi connectivity index (χ4v) is 17.6. The summed E-state index contributed by atoms with van der Waals surface area (Å²) in [6, 6.07) is 0. The molecule has 0 bridgehead atoms. The van der Waals surface area contributed by atoms with Crippen molar-refractivity contribution in [2.45, 2.75) is 102 Å². The van der Waals surface area contributed by atoms with Gasteiger partial charge in [0.2, 0.25) is 0 Å². The first-order chi connectivity index (χ1) is 17.4. The van der Waals surface area contributed by atoms with Gasteiger partial charge in [0.1, 0.15) is 24.4 Å². The van der Waals surface area contributed by atoms with Gasteiger partial charge >= 0.3 is 22.8 Å². The number of ether oxygens (including phenoxy) is 1. The first-order valence-electron chi connectivity index (χ1n) is 13.2. The number of hydrogen-bond acceptors (Lipinski definition) is 9. The zero-order valence-electron chi connectivity index (χ0n) is 24.4. The molecular formula is C24H44N2O9SSi2. The van der Waals surface area contributed by atoms with Crippen LogP contribution >= 0.6 is 0 Å². The van der Waals surface area contributed by atoms with Crippen molar-refractivity contribution in [2.75, 3.05) is 12.9 Å². The molecule has 3 rings (SSSR count). The van der Waals surface area contributed by atoms with E-state index in [1.807, 2.05) is 0 Å². The van der Waals surface area contributed by atoms with Crippen molar-refractivity contribution in [1.29, 1.82) is 0 Å². The lowest BCUT2D eigenvalue weighted by molar-refractivity contribution is -0.0392. The Labute approximate surface area is 228 Å². The summed E-state index contributed by atoms with van der Waals surface area (Å²) in [6.07, 6.45) is -1.54. The largest absolute Gasteiger partial charge is 0.414 e. The molecule has 14 heteroatoms. The van der Waals surface area contributed by atoms with Crippen molar-refractivity contribution in [1.82, 2.24) is 9.13 Å². The average molecular weight is 593 g/mol. The van der Waals surface area contributed by atoms with Gasteiger partial charge in [0.25, 0.3) is 15.7 Å². The third kappa shape index (κ3) is 5.55. The minimum atomic E-state index is -3.98. The lowest BCUT2D eigenvalue weighted by atomic mass is 10.0. The summed E-state index contributed by atoms with van der Waals surface area (Å²) in [7, 11) is -7.07. The first-order valence-corrected chi connectivity index (χ1v) is 19.0. The highest BCUT2D eigenvalue weighted by Gasteiger charge is 2.62. The summed E-state index contributed by atoms with van der Waals surface area (Å²) >= 11 is 0. The van der Waals surface area contributed by atoms with Crippen LogP contribution in [0.25, 0.3) is 0 Å². The van der Waals surface area contributed by atoms with Gasteiger partial charge in [0.05, 0.1) is 18.4 Å². The number of hydrogen-bond donors (Lipinski definition) is 0. The van der Waals surface area contributed by atoms with Crippen LogP contribution in [0.15, 0.2) is 15.8 Å². The van der Waals surface area contributed by atoms with E-state index in [1.165, 1.54) is 24.9 Å². The predicted molar refractivity (Wildman–Crippen MR) is 148 cm³/mol. The second-order valence-electron chi connectivity index (χ2n) is 11.8. The molecule has 0 N–H and O–H groups in total. The van der Waals surface area contributed by atoms with Crippen LogP contribution in [0.4, 0.5) is 0 Å². The lowest BCUT2D eigenvalue weighted by Crippen LogP contribution is -2.66. The van der Waals surface area contributed by atoms with Gasteiger partial charge in [-0.25, -0.2) is 4.79 Å². The van der Waals surface area contributed by atoms with E-state index < -0.39 is 62.9 Å². The minimum absolute atomic E-state index is 0.00225. The topological polar surface area (TPSA) is 124 Å². The smallest absolute Gasteiger partial charge is 0.335 e. The normalized spacial score (nSPS) is 27.7. The number of aryl methyl sites for hydroxylation is 1. The molecule has 2 aliphatic rings. The average Bonchev–Trinajstić information content (AvgIpc) is 3.08. The Balaban J connectivity index is 2.25. The van der Waals surface area contributed by atoms with Crippen molar-refractivity contribution in [3.63, 3.8) is 0 Å². The number of rotatable bonds is 7. The highest BCUT2D eigenvalue weighted by molar-refractivity contribution is 7.86. The third-order valence-electron chi connectivity index (χ3n) is 7.71. The summed E-state index contributed by atoms with van der Waals surface area (Å²) in [5, 5.41) is 0. The van der Waals surface area contributed by atoms with Crippen molar-refractivity contribution >= 4 is 27.2 Å². The molecule has 1 aromatic heterocycles. The predicted octanol–water partition coefficient (Wildman–Crippen LogP) is 2.83. The van der Waals surface area contributed by atoms with Gasteiger partial charge in [-0.3, -0.25) is 13.5 Å². The van der Waals surface area contributed by atoms with Crippen LogP contribution < -0.4 is 11.2 Å². The van der Waals surface area contributed by atoms with Crippen LogP contribution in [0, 0.1) is 0 Å². The molecule has 0 aromatic carbocycles. The van der Waals surface area contributed by atoms with Crippen molar-refractivity contribution in [3.05, 3.63) is 32.6 Å². The highest BCUT2D eigenvalue weighted by Crippen LogP contribution is 2.49. The molecule has 38 heavy (non-hydrogen) atoms. The van der Waals surface area contributed by atoms with Gasteiger partial charge in [-0.1, -0.05) is 55.4 Å². The molecule has 0 radical (unpaired) electrons. The van der Waals surface area contributed by atoms with E-state index in [0.717, 1.165) is 10.8 Å². The molecule has 4 atom stereocenters. The van der Waals surface area contributed by atoms with E-state index in [4.69, 9.17) is 21.9 Å². The van der Waals surface area contributed by atoms with Crippen LogP contribution in [-0.4, -0.2) is 65.8 Å². The molecule has 0 aliphatic carbocycles. The zero-order valence-corrected chi connectivity index (χ0v) is 27.2. The summed E-state index contributed by atoms with van der Waals surface area (Å²) in [5.41, 5.74) is -0.762. The SMILES string of the molecule is CC(C)[Si]1(C(C)C)OC[C@H]2O[C@@H](c3cn(C)c(=O)n(C)c3=O)[C@H](OS(C)(=O)=O)[C@@H]2O[Si](C(C)C)(C(C)C)O1. The summed E-state index contributed by atoms with van der Waals surface area (Å²) in [4.78, 5) is 25.5. The van der Waals surface area contributed by atoms with E-state index >= 15 is 0 Å². The molecule has 0 unspecified atom stereocenters. The van der Waals surface area contributed by atoms with Gasteiger partial charge in [-0.15, -0.1) is 0 Å². The zero-order chi connectivity index (χ0) is 29.0. The van der Waals surface area contributed by atoms with E-state index in [9.17, 15) is 18.0 Å². The second-order valence-corrected chi connectivity index (χ2v) is 22.2. The maximum atomic E-state index is 13.2. The molecule has 0 amide bonds. The number of fused-ring (bicyclic) bond motifs is 1. The number of aromatic nitrogens is 2. The minimum Gasteiger partial charge on any atom is -0.414 e. The first kappa shape index (κ1) is 31.4. The summed E-state index contributed by atoms with van der Waals surface area (Å²) < 4.78 is 60.1. The fourth-order valence-electron chi connectivity index (χ4n) is 5.73. The Hall–Kier alpha value is -1.14. The van der Waals surface area contributed by atoms with Crippen LogP contribution in [-0.2, 0) is 46.1 Å². The Morgan fingerprint density at radius 3 is 1.95 bits per heavy atom. The molecular weight excluding hydrogens is 549 g/mol. The fraction of sp³-hybridized carbons (Fsp3) is 0.833. The van der Waals surface area contributed by atoms with Crippen molar-refractivity contribution < 1.29 is 30.3 Å². The monoisotopic (exact) mass is 592 g/mol.